The van der Waals surface area contributed by atoms with E-state index in [4.69, 9.17) is 9.15 Å². The topological polar surface area (TPSA) is 71.8 Å². The van der Waals surface area contributed by atoms with Crippen molar-refractivity contribution < 1.29 is 18.7 Å². The first-order valence-corrected chi connectivity index (χ1v) is 6.93. The third kappa shape index (κ3) is 6.83. The van der Waals surface area contributed by atoms with Gasteiger partial charge in [0.05, 0.1) is 6.54 Å². The van der Waals surface area contributed by atoms with E-state index in [1.54, 1.807) is 32.7 Å². The van der Waals surface area contributed by atoms with Gasteiger partial charge >= 0.3 is 6.09 Å². The standard InChI is InChI=1S/C15H24N2O4/c1-11-6-7-12(20-11)10-17(5)13(18)8-9-16-14(19)21-15(2,3)4/h6-7H,8-10H2,1-5H3,(H,16,19). The Morgan fingerprint density at radius 3 is 2.52 bits per heavy atom. The summed E-state index contributed by atoms with van der Waals surface area (Å²) in [5, 5.41) is 2.56. The Kier molecular flexibility index (Phi) is 5.81. The monoisotopic (exact) mass is 296 g/mol. The van der Waals surface area contributed by atoms with Crippen LogP contribution in [-0.2, 0) is 16.1 Å². The Balaban J connectivity index is 2.28. The van der Waals surface area contributed by atoms with Crippen LogP contribution in [0.5, 0.6) is 0 Å². The van der Waals surface area contributed by atoms with Crippen molar-refractivity contribution in [2.24, 2.45) is 0 Å². The number of hydrogen-bond acceptors (Lipinski definition) is 4. The van der Waals surface area contributed by atoms with E-state index in [1.165, 1.54) is 0 Å². The molecule has 0 aliphatic rings. The molecule has 0 aliphatic heterocycles. The van der Waals surface area contributed by atoms with Crippen molar-refractivity contribution >= 4 is 12.0 Å². The van der Waals surface area contributed by atoms with E-state index in [9.17, 15) is 9.59 Å². The number of nitrogens with zero attached hydrogens (tertiary/aromatic N) is 1. The zero-order valence-electron chi connectivity index (χ0n) is 13.4. The van der Waals surface area contributed by atoms with E-state index < -0.39 is 11.7 Å². The molecule has 1 N–H and O–H groups in total. The molecular weight excluding hydrogens is 272 g/mol. The highest BCUT2D eigenvalue weighted by Gasteiger charge is 2.16. The summed E-state index contributed by atoms with van der Waals surface area (Å²) in [5.74, 6) is 1.49. The lowest BCUT2D eigenvalue weighted by molar-refractivity contribution is -0.130. The fourth-order valence-electron chi connectivity index (χ4n) is 1.67. The molecule has 0 aliphatic carbocycles. The van der Waals surface area contributed by atoms with Gasteiger partial charge in [-0.2, -0.15) is 0 Å². The number of rotatable bonds is 5. The van der Waals surface area contributed by atoms with Gasteiger partial charge in [-0.1, -0.05) is 0 Å². The van der Waals surface area contributed by atoms with Crippen LogP contribution in [0.15, 0.2) is 16.5 Å². The first-order chi connectivity index (χ1) is 9.67. The molecule has 1 heterocycles. The van der Waals surface area contributed by atoms with Crippen molar-refractivity contribution in [1.29, 1.82) is 0 Å². The molecule has 21 heavy (non-hydrogen) atoms. The largest absolute Gasteiger partial charge is 0.464 e. The minimum Gasteiger partial charge on any atom is -0.464 e. The number of alkyl carbamates (subject to hydrolysis) is 1. The van der Waals surface area contributed by atoms with Gasteiger partial charge in [-0.25, -0.2) is 4.79 Å². The van der Waals surface area contributed by atoms with E-state index >= 15 is 0 Å². The van der Waals surface area contributed by atoms with Crippen molar-refractivity contribution in [2.45, 2.75) is 46.3 Å². The molecule has 0 bridgehead atoms. The molecular formula is C15H24N2O4. The maximum Gasteiger partial charge on any atom is 0.407 e. The summed E-state index contributed by atoms with van der Waals surface area (Å²) in [6.45, 7) is 7.88. The van der Waals surface area contributed by atoms with Gasteiger partial charge in [0, 0.05) is 20.0 Å². The minimum atomic E-state index is -0.540. The zero-order chi connectivity index (χ0) is 16.0. The van der Waals surface area contributed by atoms with Crippen LogP contribution in [0.1, 0.15) is 38.7 Å². The quantitative estimate of drug-likeness (QED) is 0.906. The lowest BCUT2D eigenvalue weighted by atomic mass is 10.2. The highest BCUT2D eigenvalue weighted by atomic mass is 16.6. The highest BCUT2D eigenvalue weighted by Crippen LogP contribution is 2.09. The normalized spacial score (nSPS) is 11.1. The van der Waals surface area contributed by atoms with Crippen LogP contribution < -0.4 is 5.32 Å². The second-order valence-corrected chi connectivity index (χ2v) is 5.94. The lowest BCUT2D eigenvalue weighted by Crippen LogP contribution is -2.35. The van der Waals surface area contributed by atoms with Gasteiger partial charge in [0.25, 0.3) is 0 Å². The van der Waals surface area contributed by atoms with E-state index in [0.29, 0.717) is 6.54 Å². The van der Waals surface area contributed by atoms with Crippen molar-refractivity contribution in [2.75, 3.05) is 13.6 Å². The summed E-state index contributed by atoms with van der Waals surface area (Å²) in [4.78, 5) is 24.9. The SMILES string of the molecule is Cc1ccc(CN(C)C(=O)CCNC(=O)OC(C)(C)C)o1. The van der Waals surface area contributed by atoms with Crippen LogP contribution in [0.4, 0.5) is 4.79 Å². The van der Waals surface area contributed by atoms with Crippen LogP contribution in [0.25, 0.3) is 0 Å². The first kappa shape index (κ1) is 17.1. The Bertz CT molecular complexity index is 488. The maximum absolute atomic E-state index is 11.9. The predicted octanol–water partition coefficient (Wildman–Crippen LogP) is 2.46. The lowest BCUT2D eigenvalue weighted by Gasteiger charge is -2.20. The average molecular weight is 296 g/mol. The number of ether oxygens (including phenoxy) is 1. The molecule has 0 radical (unpaired) electrons. The van der Waals surface area contributed by atoms with Gasteiger partial charge in [0.1, 0.15) is 17.1 Å². The summed E-state index contributed by atoms with van der Waals surface area (Å²) in [6, 6.07) is 3.70. The van der Waals surface area contributed by atoms with Gasteiger partial charge in [-0.15, -0.1) is 0 Å². The third-order valence-corrected chi connectivity index (χ3v) is 2.62. The van der Waals surface area contributed by atoms with Gasteiger partial charge in [0.15, 0.2) is 0 Å². The Morgan fingerprint density at radius 2 is 2.00 bits per heavy atom. The summed E-state index contributed by atoms with van der Waals surface area (Å²) in [6.07, 6.45) is -0.297. The van der Waals surface area contributed by atoms with Crippen molar-refractivity contribution in [3.8, 4) is 0 Å². The molecule has 6 nitrogen and oxygen atoms in total. The molecule has 0 unspecified atom stereocenters. The van der Waals surface area contributed by atoms with Crippen LogP contribution in [0.2, 0.25) is 0 Å². The van der Waals surface area contributed by atoms with E-state index in [2.05, 4.69) is 5.32 Å². The number of aryl methyl sites for hydroxylation is 1. The highest BCUT2D eigenvalue weighted by molar-refractivity contribution is 5.76. The molecule has 1 aromatic heterocycles. The second-order valence-electron chi connectivity index (χ2n) is 5.94. The fourth-order valence-corrected chi connectivity index (χ4v) is 1.67. The van der Waals surface area contributed by atoms with Gasteiger partial charge in [-0.05, 0) is 39.8 Å². The van der Waals surface area contributed by atoms with Gasteiger partial charge in [-0.3, -0.25) is 4.79 Å². The van der Waals surface area contributed by atoms with Crippen molar-refractivity contribution in [3.05, 3.63) is 23.7 Å². The molecule has 0 spiro atoms. The first-order valence-electron chi connectivity index (χ1n) is 6.93. The predicted molar refractivity (Wildman–Crippen MR) is 78.8 cm³/mol. The molecule has 0 atom stereocenters. The summed E-state index contributed by atoms with van der Waals surface area (Å²) in [5.41, 5.74) is -0.540. The smallest absolute Gasteiger partial charge is 0.407 e. The van der Waals surface area contributed by atoms with E-state index in [1.807, 2.05) is 19.1 Å². The third-order valence-electron chi connectivity index (χ3n) is 2.62. The van der Waals surface area contributed by atoms with Gasteiger partial charge in [0.2, 0.25) is 5.91 Å². The zero-order valence-corrected chi connectivity index (χ0v) is 13.4. The Morgan fingerprint density at radius 1 is 1.33 bits per heavy atom. The number of carbonyl (C=O) groups excluding carboxylic acids is 2. The number of carbonyl (C=O) groups is 2. The second kappa shape index (κ2) is 7.15. The maximum atomic E-state index is 11.9. The van der Waals surface area contributed by atoms with Crippen LogP contribution >= 0.6 is 0 Å². The number of hydrogen-bond donors (Lipinski definition) is 1. The molecule has 1 aromatic rings. The molecule has 0 fully saturated rings. The van der Waals surface area contributed by atoms with Crippen molar-refractivity contribution in [1.82, 2.24) is 10.2 Å². The fraction of sp³-hybridized carbons (Fsp3) is 0.600. The molecule has 0 aromatic carbocycles. The summed E-state index contributed by atoms with van der Waals surface area (Å²) < 4.78 is 10.5. The molecule has 1 rings (SSSR count). The van der Waals surface area contributed by atoms with Crippen LogP contribution in [0.3, 0.4) is 0 Å². The molecule has 0 saturated carbocycles. The summed E-state index contributed by atoms with van der Waals surface area (Å²) >= 11 is 0. The van der Waals surface area contributed by atoms with Crippen molar-refractivity contribution in [3.63, 3.8) is 0 Å². The van der Waals surface area contributed by atoms with Crippen LogP contribution in [-0.4, -0.2) is 36.1 Å². The molecule has 118 valence electrons. The summed E-state index contributed by atoms with van der Waals surface area (Å²) in [7, 11) is 1.70. The number of furan rings is 1. The Labute approximate surface area is 125 Å². The van der Waals surface area contributed by atoms with Crippen LogP contribution in [0, 0.1) is 6.92 Å². The molecule has 2 amide bonds. The van der Waals surface area contributed by atoms with Gasteiger partial charge < -0.3 is 19.4 Å². The average Bonchev–Trinajstić information content (AvgIpc) is 2.72. The number of amides is 2. The molecule has 6 heteroatoms. The Hall–Kier alpha value is -1.98. The molecule has 0 saturated heterocycles. The minimum absolute atomic E-state index is 0.0693. The van der Waals surface area contributed by atoms with E-state index in [-0.39, 0.29) is 18.9 Å². The number of nitrogens with one attached hydrogen (secondary N) is 1. The van der Waals surface area contributed by atoms with E-state index in [0.717, 1.165) is 11.5 Å².